The van der Waals surface area contributed by atoms with Gasteiger partial charge < -0.3 is 14.8 Å². The van der Waals surface area contributed by atoms with Crippen LogP contribution >= 0.6 is 11.6 Å². The van der Waals surface area contributed by atoms with Gasteiger partial charge in [0.1, 0.15) is 17.2 Å². The summed E-state index contributed by atoms with van der Waals surface area (Å²) in [6.07, 6.45) is 0. The van der Waals surface area contributed by atoms with E-state index in [1.54, 1.807) is 74.9 Å². The summed E-state index contributed by atoms with van der Waals surface area (Å²) in [5.41, 5.74) is 3.04. The minimum atomic E-state index is -0.453. The molecule has 4 rings (SSSR count). The van der Waals surface area contributed by atoms with E-state index >= 15 is 0 Å². The molecule has 3 aromatic rings. The highest BCUT2D eigenvalue weighted by Crippen LogP contribution is 2.35. The molecule has 0 spiro atoms. The number of rotatable bonds is 6. The van der Waals surface area contributed by atoms with Crippen LogP contribution in [-0.2, 0) is 9.59 Å². The minimum Gasteiger partial charge on any atom is -0.497 e. The lowest BCUT2D eigenvalue weighted by atomic mass is 10.0. The minimum absolute atomic E-state index is 0.182. The third-order valence-electron chi connectivity index (χ3n) is 5.25. The van der Waals surface area contributed by atoms with Gasteiger partial charge in [0, 0.05) is 10.7 Å². The van der Waals surface area contributed by atoms with Gasteiger partial charge in [0.25, 0.3) is 11.8 Å². The average molecular weight is 449 g/mol. The smallest absolute Gasteiger partial charge is 0.282 e. The zero-order chi connectivity index (χ0) is 22.8. The zero-order valence-electron chi connectivity index (χ0n) is 17.8. The van der Waals surface area contributed by atoms with Crippen molar-refractivity contribution in [1.82, 2.24) is 0 Å². The van der Waals surface area contributed by atoms with E-state index in [0.717, 1.165) is 10.5 Å². The molecule has 1 heterocycles. The molecule has 0 bridgehead atoms. The van der Waals surface area contributed by atoms with E-state index in [-0.39, 0.29) is 11.3 Å². The maximum atomic E-state index is 13.5. The van der Waals surface area contributed by atoms with E-state index in [1.165, 1.54) is 0 Å². The van der Waals surface area contributed by atoms with Crippen LogP contribution in [0.25, 0.3) is 5.57 Å². The second-order valence-corrected chi connectivity index (χ2v) is 7.64. The lowest BCUT2D eigenvalue weighted by molar-refractivity contribution is -0.120. The Morgan fingerprint density at radius 3 is 2.00 bits per heavy atom. The highest BCUT2D eigenvalue weighted by Gasteiger charge is 2.40. The van der Waals surface area contributed by atoms with Crippen LogP contribution in [0, 0.1) is 6.92 Å². The normalized spacial score (nSPS) is 13.6. The summed E-state index contributed by atoms with van der Waals surface area (Å²) in [5, 5.41) is 3.68. The van der Waals surface area contributed by atoms with Crippen molar-refractivity contribution in [3.8, 4) is 11.5 Å². The number of nitrogens with one attached hydrogen (secondary N) is 1. The molecule has 3 aromatic carbocycles. The molecule has 1 aliphatic heterocycles. The van der Waals surface area contributed by atoms with Crippen molar-refractivity contribution in [1.29, 1.82) is 0 Å². The van der Waals surface area contributed by atoms with Crippen molar-refractivity contribution < 1.29 is 19.1 Å². The first-order valence-electron chi connectivity index (χ1n) is 9.87. The number of nitrogens with zero attached hydrogens (tertiary/aromatic N) is 1. The number of anilines is 2. The Kier molecular flexibility index (Phi) is 5.88. The van der Waals surface area contributed by atoms with E-state index < -0.39 is 11.8 Å². The van der Waals surface area contributed by atoms with Gasteiger partial charge in [-0.2, -0.15) is 0 Å². The second-order valence-electron chi connectivity index (χ2n) is 7.21. The van der Waals surface area contributed by atoms with Crippen LogP contribution in [0.15, 0.2) is 72.4 Å². The van der Waals surface area contributed by atoms with Crippen molar-refractivity contribution in [2.75, 3.05) is 24.4 Å². The molecule has 0 saturated heterocycles. The van der Waals surface area contributed by atoms with Crippen LogP contribution in [0.2, 0.25) is 5.02 Å². The fraction of sp³-hybridized carbons (Fsp3) is 0.120. The fourth-order valence-electron chi connectivity index (χ4n) is 3.50. The Labute approximate surface area is 191 Å². The molecular formula is C25H21ClN2O4. The number of carbonyl (C=O) groups excluding carboxylic acids is 2. The van der Waals surface area contributed by atoms with E-state index in [9.17, 15) is 9.59 Å². The molecular weight excluding hydrogens is 428 g/mol. The number of imide groups is 1. The van der Waals surface area contributed by atoms with Crippen molar-refractivity contribution in [3.05, 3.63) is 88.6 Å². The van der Waals surface area contributed by atoms with Crippen molar-refractivity contribution in [2.45, 2.75) is 6.92 Å². The van der Waals surface area contributed by atoms with Crippen LogP contribution in [0.4, 0.5) is 11.4 Å². The number of amides is 2. The molecule has 0 fully saturated rings. The largest absolute Gasteiger partial charge is 0.497 e. The number of hydrogen-bond donors (Lipinski definition) is 1. The molecule has 0 aromatic heterocycles. The predicted octanol–water partition coefficient (Wildman–Crippen LogP) is 5.06. The molecule has 0 aliphatic carbocycles. The maximum absolute atomic E-state index is 13.5. The summed E-state index contributed by atoms with van der Waals surface area (Å²) in [5.74, 6) is 0.403. The Bertz CT molecular complexity index is 1220. The van der Waals surface area contributed by atoms with E-state index in [0.29, 0.717) is 33.5 Å². The standard InChI is InChI=1S/C25H21ClN2O4/c1-15-4-7-17(26)14-21(15)27-23-22(16-5-10-19(31-2)11-6-16)24(29)28(25(23)30)18-8-12-20(32-3)13-9-18/h4-14,27H,1-3H3. The van der Waals surface area contributed by atoms with Crippen molar-refractivity contribution >= 4 is 40.4 Å². The summed E-state index contributed by atoms with van der Waals surface area (Å²) >= 11 is 6.16. The monoisotopic (exact) mass is 448 g/mol. The predicted molar refractivity (Wildman–Crippen MR) is 125 cm³/mol. The van der Waals surface area contributed by atoms with Gasteiger partial charge in [-0.15, -0.1) is 0 Å². The molecule has 0 saturated carbocycles. The molecule has 7 heteroatoms. The molecule has 32 heavy (non-hydrogen) atoms. The van der Waals surface area contributed by atoms with Gasteiger partial charge in [-0.3, -0.25) is 9.59 Å². The third-order valence-corrected chi connectivity index (χ3v) is 5.49. The lowest BCUT2D eigenvalue weighted by Crippen LogP contribution is -2.32. The van der Waals surface area contributed by atoms with E-state index in [2.05, 4.69) is 5.32 Å². The molecule has 0 unspecified atom stereocenters. The molecule has 1 N–H and O–H groups in total. The van der Waals surface area contributed by atoms with E-state index in [4.69, 9.17) is 21.1 Å². The first kappa shape index (κ1) is 21.5. The summed E-state index contributed by atoms with van der Waals surface area (Å²) in [7, 11) is 3.12. The Morgan fingerprint density at radius 1 is 0.812 bits per heavy atom. The molecule has 0 radical (unpaired) electrons. The fourth-order valence-corrected chi connectivity index (χ4v) is 3.67. The summed E-state index contributed by atoms with van der Waals surface area (Å²) in [6, 6.07) is 19.1. The van der Waals surface area contributed by atoms with Gasteiger partial charge >= 0.3 is 0 Å². The molecule has 2 amide bonds. The first-order chi connectivity index (χ1) is 15.4. The second kappa shape index (κ2) is 8.77. The molecule has 162 valence electrons. The number of hydrogen-bond acceptors (Lipinski definition) is 5. The maximum Gasteiger partial charge on any atom is 0.282 e. The first-order valence-corrected chi connectivity index (χ1v) is 10.3. The average Bonchev–Trinajstić information content (AvgIpc) is 3.05. The Hall–Kier alpha value is -3.77. The van der Waals surface area contributed by atoms with Crippen LogP contribution in [0.5, 0.6) is 11.5 Å². The van der Waals surface area contributed by atoms with Gasteiger partial charge in [0.15, 0.2) is 0 Å². The highest BCUT2D eigenvalue weighted by molar-refractivity contribution is 6.46. The van der Waals surface area contributed by atoms with Gasteiger partial charge in [-0.05, 0) is 66.6 Å². The van der Waals surface area contributed by atoms with Crippen molar-refractivity contribution in [3.63, 3.8) is 0 Å². The van der Waals surface area contributed by atoms with Gasteiger partial charge in [0.05, 0.1) is 25.5 Å². The van der Waals surface area contributed by atoms with Crippen LogP contribution in [0.1, 0.15) is 11.1 Å². The Morgan fingerprint density at radius 2 is 1.41 bits per heavy atom. The highest BCUT2D eigenvalue weighted by atomic mass is 35.5. The number of halogens is 1. The zero-order valence-corrected chi connectivity index (χ0v) is 18.6. The van der Waals surface area contributed by atoms with E-state index in [1.807, 2.05) is 13.0 Å². The summed E-state index contributed by atoms with van der Waals surface area (Å²) in [6.45, 7) is 1.90. The van der Waals surface area contributed by atoms with Crippen molar-refractivity contribution in [2.24, 2.45) is 0 Å². The number of aryl methyl sites for hydroxylation is 1. The number of benzene rings is 3. The number of carbonyl (C=O) groups is 2. The topological polar surface area (TPSA) is 67.9 Å². The van der Waals surface area contributed by atoms with Gasteiger partial charge in [-0.25, -0.2) is 4.90 Å². The van der Waals surface area contributed by atoms with Gasteiger partial charge in [-0.1, -0.05) is 29.8 Å². The number of methoxy groups -OCH3 is 2. The SMILES string of the molecule is COc1ccc(C2=C(Nc3cc(Cl)ccc3C)C(=O)N(c3ccc(OC)cc3)C2=O)cc1. The summed E-state index contributed by atoms with van der Waals surface area (Å²) < 4.78 is 10.4. The number of ether oxygens (including phenoxy) is 2. The van der Waals surface area contributed by atoms with Crippen LogP contribution in [-0.4, -0.2) is 26.0 Å². The molecule has 6 nitrogen and oxygen atoms in total. The van der Waals surface area contributed by atoms with Crippen LogP contribution in [0.3, 0.4) is 0 Å². The van der Waals surface area contributed by atoms with Gasteiger partial charge in [0.2, 0.25) is 0 Å². The lowest BCUT2D eigenvalue weighted by Gasteiger charge is -2.16. The molecule has 0 atom stereocenters. The van der Waals surface area contributed by atoms with Crippen LogP contribution < -0.4 is 19.7 Å². The third kappa shape index (κ3) is 3.92. The summed E-state index contributed by atoms with van der Waals surface area (Å²) in [4.78, 5) is 28.1. The molecule has 1 aliphatic rings. The quantitative estimate of drug-likeness (QED) is 0.534. The Balaban J connectivity index is 1.81.